The fourth-order valence-electron chi connectivity index (χ4n) is 1.30. The summed E-state index contributed by atoms with van der Waals surface area (Å²) >= 11 is 0. The molecule has 0 aliphatic heterocycles. The second-order valence-corrected chi connectivity index (χ2v) is 3.27. The highest BCUT2D eigenvalue weighted by molar-refractivity contribution is 6.08. The van der Waals surface area contributed by atoms with Crippen molar-refractivity contribution in [2.24, 2.45) is 0 Å². The molecule has 0 saturated carbocycles. The molecule has 74 valence electrons. The lowest BCUT2D eigenvalue weighted by Gasteiger charge is -2.36. The van der Waals surface area contributed by atoms with Crippen LogP contribution in [0.4, 0.5) is 0 Å². The van der Waals surface area contributed by atoms with Gasteiger partial charge in [0.15, 0.2) is 0 Å². The molecule has 0 aromatic carbocycles. The van der Waals surface area contributed by atoms with E-state index in [-0.39, 0.29) is 6.10 Å². The molecule has 12 heavy (non-hydrogen) atoms. The lowest BCUT2D eigenvalue weighted by Crippen LogP contribution is -2.56. The van der Waals surface area contributed by atoms with Crippen molar-refractivity contribution < 1.29 is 14.2 Å². The molecule has 0 aromatic rings. The average molecular weight is 193 g/mol. The fourth-order valence-corrected chi connectivity index (χ4v) is 2.17. The predicted octanol–water partition coefficient (Wildman–Crippen LogP) is -1.05. The average Bonchev–Trinajstić information content (AvgIpc) is 2.14. The van der Waals surface area contributed by atoms with Crippen LogP contribution in [0.2, 0.25) is 6.04 Å². The third-order valence-corrected chi connectivity index (χ3v) is 2.78. The van der Waals surface area contributed by atoms with Gasteiger partial charge in [-0.3, -0.25) is 5.32 Å². The molecule has 0 aliphatic rings. The quantitative estimate of drug-likeness (QED) is 0.432. The first kappa shape index (κ1) is 12.1. The minimum atomic E-state index is -0.795. The summed E-state index contributed by atoms with van der Waals surface area (Å²) in [5.41, 5.74) is 0. The summed E-state index contributed by atoms with van der Waals surface area (Å²) in [5, 5.41) is 2.97. The standard InChI is InChI=1S/C7H19NO3Si/c1-8-7(10-3,11-4)6(5-12)9-2/h6,8H,5H2,1-4,12H3. The summed E-state index contributed by atoms with van der Waals surface area (Å²) in [5.74, 6) is -0.795. The van der Waals surface area contributed by atoms with Gasteiger partial charge in [-0.05, 0) is 13.1 Å². The SMILES string of the molecule is CNC(OC)(OC)C(C[SiH3])OC. The van der Waals surface area contributed by atoms with Gasteiger partial charge in [-0.25, -0.2) is 0 Å². The molecule has 0 rings (SSSR count). The van der Waals surface area contributed by atoms with Crippen LogP contribution < -0.4 is 5.32 Å². The van der Waals surface area contributed by atoms with Crippen LogP contribution in [-0.2, 0) is 14.2 Å². The maximum absolute atomic E-state index is 5.26. The second-order valence-electron chi connectivity index (χ2n) is 2.46. The Balaban J connectivity index is 4.42. The lowest BCUT2D eigenvalue weighted by atomic mass is 10.3. The van der Waals surface area contributed by atoms with E-state index in [1.165, 1.54) is 0 Å². The van der Waals surface area contributed by atoms with E-state index in [2.05, 4.69) is 5.32 Å². The second kappa shape index (κ2) is 5.66. The van der Waals surface area contributed by atoms with Crippen molar-refractivity contribution in [3.8, 4) is 0 Å². The normalized spacial score (nSPS) is 15.0. The number of ether oxygens (including phenoxy) is 3. The van der Waals surface area contributed by atoms with Crippen LogP contribution in [0.25, 0.3) is 0 Å². The van der Waals surface area contributed by atoms with E-state index in [0.29, 0.717) is 0 Å². The van der Waals surface area contributed by atoms with Crippen LogP contribution in [0, 0.1) is 0 Å². The van der Waals surface area contributed by atoms with Gasteiger partial charge in [0.25, 0.3) is 5.91 Å². The van der Waals surface area contributed by atoms with E-state index in [0.717, 1.165) is 16.3 Å². The molecule has 4 nitrogen and oxygen atoms in total. The van der Waals surface area contributed by atoms with E-state index in [1.54, 1.807) is 28.4 Å². The molecule has 0 amide bonds. The third kappa shape index (κ3) is 2.27. The van der Waals surface area contributed by atoms with Gasteiger partial charge in [-0.15, -0.1) is 0 Å². The van der Waals surface area contributed by atoms with Gasteiger partial charge in [0.2, 0.25) is 0 Å². The molecule has 1 N–H and O–H groups in total. The highest BCUT2D eigenvalue weighted by Crippen LogP contribution is 2.17. The summed E-state index contributed by atoms with van der Waals surface area (Å²) in [7, 11) is 7.70. The minimum absolute atomic E-state index is 0.0517. The molecule has 0 saturated heterocycles. The summed E-state index contributed by atoms with van der Waals surface area (Å²) in [6.45, 7) is 0. The summed E-state index contributed by atoms with van der Waals surface area (Å²) in [4.78, 5) is 0. The molecule has 0 aromatic heterocycles. The zero-order chi connectivity index (χ0) is 9.61. The van der Waals surface area contributed by atoms with Gasteiger partial charge in [0.1, 0.15) is 6.10 Å². The molecule has 0 heterocycles. The lowest BCUT2D eigenvalue weighted by molar-refractivity contribution is -0.275. The van der Waals surface area contributed by atoms with Crippen molar-refractivity contribution in [2.75, 3.05) is 28.4 Å². The Labute approximate surface area is 77.0 Å². The molecule has 5 heteroatoms. The summed E-state index contributed by atoms with van der Waals surface area (Å²) in [6.07, 6.45) is -0.0517. The summed E-state index contributed by atoms with van der Waals surface area (Å²) in [6, 6.07) is 0.957. The molecule has 0 radical (unpaired) electrons. The van der Waals surface area contributed by atoms with Crippen LogP contribution in [0.15, 0.2) is 0 Å². The number of methoxy groups -OCH3 is 3. The molecule has 0 fully saturated rings. The fraction of sp³-hybridized carbons (Fsp3) is 1.00. The van der Waals surface area contributed by atoms with Crippen LogP contribution in [0.3, 0.4) is 0 Å². The van der Waals surface area contributed by atoms with E-state index in [1.807, 2.05) is 0 Å². The maximum atomic E-state index is 5.26. The zero-order valence-corrected chi connectivity index (χ0v) is 10.5. The molecular weight excluding hydrogens is 174 g/mol. The highest BCUT2D eigenvalue weighted by atomic mass is 28.1. The van der Waals surface area contributed by atoms with Gasteiger partial charge in [0, 0.05) is 31.6 Å². The molecule has 1 atom stereocenters. The molecule has 0 spiro atoms. The number of rotatable bonds is 6. The van der Waals surface area contributed by atoms with Crippen LogP contribution in [0.1, 0.15) is 0 Å². The highest BCUT2D eigenvalue weighted by Gasteiger charge is 2.37. The Hall–Kier alpha value is 0.0569. The Morgan fingerprint density at radius 1 is 1.33 bits per heavy atom. The smallest absolute Gasteiger partial charge is 0.253 e. The molecular formula is C7H19NO3Si. The number of hydrogen-bond donors (Lipinski definition) is 1. The van der Waals surface area contributed by atoms with Gasteiger partial charge in [0.05, 0.1) is 0 Å². The topological polar surface area (TPSA) is 39.7 Å². The van der Waals surface area contributed by atoms with E-state index < -0.39 is 5.91 Å². The van der Waals surface area contributed by atoms with Crippen LogP contribution >= 0.6 is 0 Å². The first-order chi connectivity index (χ1) is 5.70. The largest absolute Gasteiger partial charge is 0.375 e. The van der Waals surface area contributed by atoms with Gasteiger partial charge in [-0.1, -0.05) is 0 Å². The molecule has 0 bridgehead atoms. The number of likely N-dealkylation sites (N-methyl/N-ethyl adjacent to an activating group) is 1. The van der Waals surface area contributed by atoms with Gasteiger partial charge >= 0.3 is 0 Å². The Bertz CT molecular complexity index is 107. The number of hydrogen-bond acceptors (Lipinski definition) is 4. The van der Waals surface area contributed by atoms with Crippen molar-refractivity contribution in [2.45, 2.75) is 18.1 Å². The van der Waals surface area contributed by atoms with Crippen LogP contribution in [0.5, 0.6) is 0 Å². The van der Waals surface area contributed by atoms with E-state index in [9.17, 15) is 0 Å². The van der Waals surface area contributed by atoms with Crippen molar-refractivity contribution >= 4 is 10.2 Å². The Morgan fingerprint density at radius 2 is 1.83 bits per heavy atom. The van der Waals surface area contributed by atoms with Crippen LogP contribution in [-0.4, -0.2) is 50.6 Å². The first-order valence-corrected chi connectivity index (χ1v) is 5.44. The van der Waals surface area contributed by atoms with Gasteiger partial charge in [-0.2, -0.15) is 0 Å². The minimum Gasteiger partial charge on any atom is -0.375 e. The Kier molecular flexibility index (Phi) is 5.69. The first-order valence-electron chi connectivity index (χ1n) is 4.02. The van der Waals surface area contributed by atoms with Crippen molar-refractivity contribution in [1.29, 1.82) is 0 Å². The summed E-state index contributed by atoms with van der Waals surface area (Å²) < 4.78 is 15.7. The maximum Gasteiger partial charge on any atom is 0.253 e. The Morgan fingerprint density at radius 3 is 1.92 bits per heavy atom. The van der Waals surface area contributed by atoms with Crippen molar-refractivity contribution in [3.63, 3.8) is 0 Å². The van der Waals surface area contributed by atoms with E-state index in [4.69, 9.17) is 14.2 Å². The van der Waals surface area contributed by atoms with E-state index >= 15 is 0 Å². The van der Waals surface area contributed by atoms with Crippen molar-refractivity contribution in [1.82, 2.24) is 5.32 Å². The molecule has 1 unspecified atom stereocenters. The van der Waals surface area contributed by atoms with Gasteiger partial charge < -0.3 is 14.2 Å². The zero-order valence-electron chi connectivity index (χ0n) is 8.51. The third-order valence-electron chi connectivity index (χ3n) is 2.03. The monoisotopic (exact) mass is 193 g/mol. The number of nitrogens with one attached hydrogen (secondary N) is 1. The van der Waals surface area contributed by atoms with Crippen molar-refractivity contribution in [3.05, 3.63) is 0 Å². The predicted molar refractivity (Wildman–Crippen MR) is 51.4 cm³/mol. The molecule has 0 aliphatic carbocycles.